The minimum Gasteiger partial charge on any atom is -0.339 e. The van der Waals surface area contributed by atoms with Gasteiger partial charge < -0.3 is 4.90 Å². The molecule has 138 valence electrons. The predicted octanol–water partition coefficient (Wildman–Crippen LogP) is 3.23. The van der Waals surface area contributed by atoms with Crippen LogP contribution in [0.4, 0.5) is 0 Å². The van der Waals surface area contributed by atoms with Gasteiger partial charge in [-0.15, -0.1) is 0 Å². The molecule has 0 N–H and O–H groups in total. The summed E-state index contributed by atoms with van der Waals surface area (Å²) in [5.41, 5.74) is 2.55. The quantitative estimate of drug-likeness (QED) is 0.724. The summed E-state index contributed by atoms with van der Waals surface area (Å²) >= 11 is 3.45. The highest BCUT2D eigenvalue weighted by Gasteiger charge is 2.21. The zero-order valence-electron chi connectivity index (χ0n) is 15.3. The SMILES string of the molecule is CN(CC(=O)N1CCN(Cc2ccccc2)CC1)Cc1ccc(Br)cc1. The van der Waals surface area contributed by atoms with Crippen molar-refractivity contribution in [1.29, 1.82) is 0 Å². The van der Waals surface area contributed by atoms with Gasteiger partial charge in [0.15, 0.2) is 0 Å². The fourth-order valence-corrected chi connectivity index (χ4v) is 3.55. The number of carbonyl (C=O) groups excluding carboxylic acids is 1. The van der Waals surface area contributed by atoms with E-state index in [4.69, 9.17) is 0 Å². The van der Waals surface area contributed by atoms with Crippen molar-refractivity contribution in [3.63, 3.8) is 0 Å². The van der Waals surface area contributed by atoms with Gasteiger partial charge in [0.05, 0.1) is 6.54 Å². The van der Waals surface area contributed by atoms with Crippen LogP contribution in [0.15, 0.2) is 59.1 Å². The number of halogens is 1. The molecule has 4 nitrogen and oxygen atoms in total. The van der Waals surface area contributed by atoms with Gasteiger partial charge in [-0.25, -0.2) is 0 Å². The van der Waals surface area contributed by atoms with Gasteiger partial charge in [-0.05, 0) is 30.3 Å². The highest BCUT2D eigenvalue weighted by atomic mass is 79.9. The average molecular weight is 416 g/mol. The summed E-state index contributed by atoms with van der Waals surface area (Å²) in [6.45, 7) is 5.73. The summed E-state index contributed by atoms with van der Waals surface area (Å²) in [7, 11) is 2.01. The molecule has 0 unspecified atom stereocenters. The zero-order chi connectivity index (χ0) is 18.4. The normalized spacial score (nSPS) is 15.4. The number of amides is 1. The molecular formula is C21H26BrN3O. The van der Waals surface area contributed by atoms with E-state index in [1.165, 1.54) is 11.1 Å². The zero-order valence-corrected chi connectivity index (χ0v) is 16.9. The van der Waals surface area contributed by atoms with E-state index in [9.17, 15) is 4.79 Å². The monoisotopic (exact) mass is 415 g/mol. The Labute approximate surface area is 164 Å². The molecule has 0 radical (unpaired) electrons. The number of benzene rings is 2. The fraction of sp³-hybridized carbons (Fsp3) is 0.381. The van der Waals surface area contributed by atoms with Crippen LogP contribution in [0.3, 0.4) is 0 Å². The summed E-state index contributed by atoms with van der Waals surface area (Å²) in [5, 5.41) is 0. The summed E-state index contributed by atoms with van der Waals surface area (Å²) in [6, 6.07) is 18.8. The molecule has 0 saturated carbocycles. The molecule has 0 aromatic heterocycles. The van der Waals surface area contributed by atoms with Crippen LogP contribution >= 0.6 is 15.9 Å². The average Bonchev–Trinajstić information content (AvgIpc) is 2.65. The van der Waals surface area contributed by atoms with E-state index in [1.54, 1.807) is 0 Å². The smallest absolute Gasteiger partial charge is 0.236 e. The molecule has 5 heteroatoms. The molecule has 0 spiro atoms. The third-order valence-electron chi connectivity index (χ3n) is 4.74. The number of piperazine rings is 1. The molecule has 1 aliphatic rings. The molecule has 2 aromatic rings. The number of rotatable bonds is 6. The molecular weight excluding hydrogens is 390 g/mol. The molecule has 1 aliphatic heterocycles. The van der Waals surface area contributed by atoms with E-state index in [0.29, 0.717) is 6.54 Å². The summed E-state index contributed by atoms with van der Waals surface area (Å²) in [5.74, 6) is 0.226. The Kier molecular flexibility index (Phi) is 6.83. The van der Waals surface area contributed by atoms with E-state index in [0.717, 1.165) is 43.7 Å². The van der Waals surface area contributed by atoms with E-state index >= 15 is 0 Å². The lowest BCUT2D eigenvalue weighted by molar-refractivity contribution is -0.134. The van der Waals surface area contributed by atoms with Gasteiger partial charge in [-0.1, -0.05) is 58.4 Å². The van der Waals surface area contributed by atoms with Crippen LogP contribution in [0.1, 0.15) is 11.1 Å². The van der Waals surface area contributed by atoms with Crippen molar-refractivity contribution < 1.29 is 4.79 Å². The number of likely N-dealkylation sites (N-methyl/N-ethyl adjacent to an activating group) is 1. The highest BCUT2D eigenvalue weighted by Crippen LogP contribution is 2.12. The lowest BCUT2D eigenvalue weighted by Gasteiger charge is -2.35. The van der Waals surface area contributed by atoms with Crippen LogP contribution in [0.2, 0.25) is 0 Å². The van der Waals surface area contributed by atoms with E-state index in [2.05, 4.69) is 62.1 Å². The lowest BCUT2D eigenvalue weighted by Crippen LogP contribution is -2.50. The van der Waals surface area contributed by atoms with Gasteiger partial charge in [-0.3, -0.25) is 14.6 Å². The van der Waals surface area contributed by atoms with Crippen LogP contribution in [0.5, 0.6) is 0 Å². The first kappa shape index (κ1) is 19.1. The van der Waals surface area contributed by atoms with Crippen LogP contribution in [-0.4, -0.2) is 60.4 Å². The van der Waals surface area contributed by atoms with Crippen molar-refractivity contribution in [3.05, 3.63) is 70.2 Å². The van der Waals surface area contributed by atoms with Crippen molar-refractivity contribution in [2.75, 3.05) is 39.8 Å². The Morgan fingerprint density at radius 3 is 2.27 bits per heavy atom. The Morgan fingerprint density at radius 2 is 1.62 bits per heavy atom. The third kappa shape index (κ3) is 5.66. The van der Waals surface area contributed by atoms with Gasteiger partial charge in [-0.2, -0.15) is 0 Å². The molecule has 2 aromatic carbocycles. The second kappa shape index (κ2) is 9.31. The highest BCUT2D eigenvalue weighted by molar-refractivity contribution is 9.10. The first-order valence-corrected chi connectivity index (χ1v) is 9.86. The molecule has 0 bridgehead atoms. The molecule has 1 fully saturated rings. The van der Waals surface area contributed by atoms with Crippen LogP contribution in [-0.2, 0) is 17.9 Å². The third-order valence-corrected chi connectivity index (χ3v) is 5.27. The first-order chi connectivity index (χ1) is 12.6. The van der Waals surface area contributed by atoms with Crippen molar-refractivity contribution in [2.45, 2.75) is 13.1 Å². The Hall–Kier alpha value is -1.69. The maximum Gasteiger partial charge on any atom is 0.236 e. The minimum absolute atomic E-state index is 0.226. The van der Waals surface area contributed by atoms with E-state index in [1.807, 2.05) is 30.1 Å². The topological polar surface area (TPSA) is 26.8 Å². The predicted molar refractivity (Wildman–Crippen MR) is 109 cm³/mol. The van der Waals surface area contributed by atoms with Crippen molar-refractivity contribution >= 4 is 21.8 Å². The molecule has 0 atom stereocenters. The van der Waals surface area contributed by atoms with E-state index in [-0.39, 0.29) is 5.91 Å². The van der Waals surface area contributed by atoms with Crippen LogP contribution < -0.4 is 0 Å². The minimum atomic E-state index is 0.226. The maximum absolute atomic E-state index is 12.6. The van der Waals surface area contributed by atoms with Crippen LogP contribution in [0, 0.1) is 0 Å². The molecule has 1 heterocycles. The van der Waals surface area contributed by atoms with Gasteiger partial charge in [0, 0.05) is 43.7 Å². The Balaban J connectivity index is 1.42. The van der Waals surface area contributed by atoms with Crippen molar-refractivity contribution in [1.82, 2.24) is 14.7 Å². The Morgan fingerprint density at radius 1 is 0.962 bits per heavy atom. The van der Waals surface area contributed by atoms with Gasteiger partial charge in [0.2, 0.25) is 5.91 Å². The lowest BCUT2D eigenvalue weighted by atomic mass is 10.2. The first-order valence-electron chi connectivity index (χ1n) is 9.07. The van der Waals surface area contributed by atoms with Gasteiger partial charge >= 0.3 is 0 Å². The standard InChI is InChI=1S/C21H26BrN3O/c1-23(15-19-7-9-20(22)10-8-19)17-21(26)25-13-11-24(12-14-25)16-18-5-3-2-4-6-18/h2-10H,11-17H2,1H3. The van der Waals surface area contributed by atoms with E-state index < -0.39 is 0 Å². The summed E-state index contributed by atoms with van der Waals surface area (Å²) in [4.78, 5) is 19.1. The van der Waals surface area contributed by atoms with Crippen LogP contribution in [0.25, 0.3) is 0 Å². The van der Waals surface area contributed by atoms with Gasteiger partial charge in [0.25, 0.3) is 0 Å². The summed E-state index contributed by atoms with van der Waals surface area (Å²) in [6.07, 6.45) is 0. The molecule has 3 rings (SSSR count). The molecule has 26 heavy (non-hydrogen) atoms. The second-order valence-corrected chi connectivity index (χ2v) is 7.86. The van der Waals surface area contributed by atoms with Gasteiger partial charge in [0.1, 0.15) is 0 Å². The number of carbonyl (C=O) groups is 1. The molecule has 0 aliphatic carbocycles. The molecule has 1 amide bonds. The van der Waals surface area contributed by atoms with Crippen molar-refractivity contribution in [3.8, 4) is 0 Å². The number of hydrogen-bond donors (Lipinski definition) is 0. The largest absolute Gasteiger partial charge is 0.339 e. The molecule has 1 saturated heterocycles. The number of hydrogen-bond acceptors (Lipinski definition) is 3. The summed E-state index contributed by atoms with van der Waals surface area (Å²) < 4.78 is 1.08. The van der Waals surface area contributed by atoms with Crippen molar-refractivity contribution in [2.24, 2.45) is 0 Å². The second-order valence-electron chi connectivity index (χ2n) is 6.94. The number of nitrogens with zero attached hydrogens (tertiary/aromatic N) is 3. The Bertz CT molecular complexity index is 697. The fourth-order valence-electron chi connectivity index (χ4n) is 3.29. The maximum atomic E-state index is 12.6.